The van der Waals surface area contributed by atoms with Crippen molar-refractivity contribution in [3.05, 3.63) is 65.9 Å². The predicted octanol–water partition coefficient (Wildman–Crippen LogP) is -3.29. The van der Waals surface area contributed by atoms with Gasteiger partial charge in [0.05, 0.1) is 19.4 Å². The second-order valence-corrected chi connectivity index (χ2v) is 18.1. The summed E-state index contributed by atoms with van der Waals surface area (Å²) in [7, 11) is 0. The van der Waals surface area contributed by atoms with Gasteiger partial charge in [-0.15, -0.1) is 0 Å². The highest BCUT2D eigenvalue weighted by Crippen LogP contribution is 2.21. The Bertz CT molecular complexity index is 2530. The third-order valence-electron chi connectivity index (χ3n) is 12.1. The summed E-state index contributed by atoms with van der Waals surface area (Å²) in [5.41, 5.74) is 12.8. The Morgan fingerprint density at radius 2 is 1.32 bits per heavy atom. The quantitative estimate of drug-likeness (QED) is 0.0396. The number of hydrogen-bond donors (Lipinski definition) is 13. The molecule has 1 aromatic heterocycles. The minimum Gasteiger partial charge on any atom is -0.508 e. The molecule has 25 heteroatoms. The summed E-state index contributed by atoms with van der Waals surface area (Å²) in [6, 6.07) is 0.977. The second kappa shape index (κ2) is 25.2. The zero-order valence-corrected chi connectivity index (χ0v) is 39.6. The summed E-state index contributed by atoms with van der Waals surface area (Å²) < 4.78 is 0. The Hall–Kier alpha value is -8.09. The zero-order chi connectivity index (χ0) is 52.8. The number of phenols is 1. The number of carboxylic acid groups (broad SMARTS) is 1. The number of aliphatic carboxylic acids is 1. The van der Waals surface area contributed by atoms with Gasteiger partial charge in [-0.3, -0.25) is 52.7 Å². The lowest BCUT2D eigenvalue weighted by Gasteiger charge is -2.30. The van der Waals surface area contributed by atoms with Crippen LogP contribution in [0.4, 0.5) is 0 Å². The summed E-state index contributed by atoms with van der Waals surface area (Å²) in [5, 5.41) is 47.9. The van der Waals surface area contributed by atoms with Crippen LogP contribution in [0.1, 0.15) is 69.9 Å². The van der Waals surface area contributed by atoms with Gasteiger partial charge in [0, 0.05) is 42.9 Å². The smallest absolute Gasteiger partial charge is 0.305 e. The Morgan fingerprint density at radius 3 is 1.93 bits per heavy atom. The van der Waals surface area contributed by atoms with Gasteiger partial charge in [0.1, 0.15) is 54.1 Å². The highest BCUT2D eigenvalue weighted by atomic mass is 16.4. The number of phenolic OH excluding ortho intramolecular Hbond substituents is 1. The number of aromatic hydroxyl groups is 1. The van der Waals surface area contributed by atoms with Crippen LogP contribution in [0.15, 0.2) is 54.7 Å². The third-order valence-corrected chi connectivity index (χ3v) is 12.1. The maximum absolute atomic E-state index is 14.1. The van der Waals surface area contributed by atoms with Crippen LogP contribution in [0, 0.1) is 5.92 Å². The molecule has 2 aromatic carbocycles. The number of nitrogens with one attached hydrogen (secondary N) is 8. The number of nitrogens with zero attached hydrogens (tertiary/aromatic N) is 1. The van der Waals surface area contributed by atoms with E-state index in [1.165, 1.54) is 24.3 Å². The summed E-state index contributed by atoms with van der Waals surface area (Å²) in [4.78, 5) is 149. The number of para-hydroxylation sites is 1. The molecule has 0 bridgehead atoms. The van der Waals surface area contributed by atoms with E-state index in [-0.39, 0.29) is 69.1 Å². The number of H-pyrrole nitrogens is 1. The normalized spacial score (nSPS) is 17.8. The van der Waals surface area contributed by atoms with E-state index < -0.39 is 127 Å². The Kier molecular flexibility index (Phi) is 19.2. The van der Waals surface area contributed by atoms with Crippen molar-refractivity contribution in [1.82, 2.24) is 47.1 Å². The molecular weight excluding hydrogens is 943 g/mol. The first-order valence-corrected chi connectivity index (χ1v) is 23.3. The van der Waals surface area contributed by atoms with Crippen LogP contribution >= 0.6 is 0 Å². The van der Waals surface area contributed by atoms with E-state index in [9.17, 15) is 68.1 Å². The lowest BCUT2D eigenvalue weighted by atomic mass is 10.0. The first-order chi connectivity index (χ1) is 34.1. The Balaban J connectivity index is 1.29. The average Bonchev–Trinajstić information content (AvgIpc) is 4.10. The van der Waals surface area contributed by atoms with Crippen molar-refractivity contribution in [2.75, 3.05) is 13.2 Å². The largest absolute Gasteiger partial charge is 0.508 e. The van der Waals surface area contributed by atoms with Gasteiger partial charge in [0.15, 0.2) is 0 Å². The van der Waals surface area contributed by atoms with Crippen molar-refractivity contribution in [2.45, 2.75) is 120 Å². The lowest BCUT2D eigenvalue weighted by Crippen LogP contribution is -2.61. The summed E-state index contributed by atoms with van der Waals surface area (Å²) in [5.74, 6) is -10.8. The van der Waals surface area contributed by atoms with Crippen LogP contribution in [0.5, 0.6) is 5.75 Å². The summed E-state index contributed by atoms with van der Waals surface area (Å²) in [6.07, 6.45) is 0.154. The molecule has 15 N–H and O–H groups in total. The van der Waals surface area contributed by atoms with Crippen LogP contribution in [0.25, 0.3) is 10.9 Å². The fourth-order valence-electron chi connectivity index (χ4n) is 8.45. The van der Waals surface area contributed by atoms with E-state index in [2.05, 4.69) is 42.2 Å². The molecule has 2 aliphatic heterocycles. The van der Waals surface area contributed by atoms with E-state index in [1.807, 2.05) is 0 Å². The molecule has 0 saturated carbocycles. The van der Waals surface area contributed by atoms with Crippen molar-refractivity contribution in [2.24, 2.45) is 17.4 Å². The molecule has 8 atom stereocenters. The van der Waals surface area contributed by atoms with Gasteiger partial charge in [0.2, 0.25) is 59.1 Å². The lowest BCUT2D eigenvalue weighted by molar-refractivity contribution is -0.144. The van der Waals surface area contributed by atoms with Crippen LogP contribution in [-0.2, 0) is 65.6 Å². The number of aliphatic hydroxyl groups is 1. The van der Waals surface area contributed by atoms with Crippen molar-refractivity contribution >= 4 is 75.9 Å². The number of aromatic nitrogens is 1. The number of carbonyl (C=O) groups excluding carboxylic acids is 10. The highest BCUT2D eigenvalue weighted by molar-refractivity contribution is 6.00. The molecule has 3 aromatic rings. The monoisotopic (exact) mass is 1000 g/mol. The number of carbonyl (C=O) groups is 11. The van der Waals surface area contributed by atoms with E-state index in [0.717, 1.165) is 15.8 Å². The Morgan fingerprint density at radius 1 is 0.722 bits per heavy atom. The number of amides is 10. The molecule has 0 aliphatic carbocycles. The van der Waals surface area contributed by atoms with Crippen molar-refractivity contribution < 1.29 is 68.1 Å². The SMILES string of the molecule is CC(C)C[C@H](NC(=O)[C@@H]1CCC(=O)N1)C(=O)N[C@@H](CC(N)=O)C(=O)N[C@@H](Cc1ccc(O)cc1)C(=O)N[C@@H](CO)C(=O)N1CCC[C@H]1C(=O)N[C@@H](CC(=O)O)C(=O)N[C@@H](Cc1c[nH]c2ccccc12)C(N)=O. The van der Waals surface area contributed by atoms with E-state index >= 15 is 0 Å². The number of rotatable bonds is 25. The fourth-order valence-corrected chi connectivity index (χ4v) is 8.45. The van der Waals surface area contributed by atoms with Crippen molar-refractivity contribution in [3.63, 3.8) is 0 Å². The van der Waals surface area contributed by atoms with Gasteiger partial charge in [-0.1, -0.05) is 44.2 Å². The van der Waals surface area contributed by atoms with Gasteiger partial charge in [-0.2, -0.15) is 0 Å². The van der Waals surface area contributed by atoms with E-state index in [1.54, 1.807) is 44.3 Å². The van der Waals surface area contributed by atoms with Gasteiger partial charge in [0.25, 0.3) is 0 Å². The molecule has 72 heavy (non-hydrogen) atoms. The molecule has 388 valence electrons. The van der Waals surface area contributed by atoms with Gasteiger partial charge >= 0.3 is 5.97 Å². The van der Waals surface area contributed by atoms with Crippen LogP contribution in [0.2, 0.25) is 0 Å². The van der Waals surface area contributed by atoms with Crippen molar-refractivity contribution in [3.8, 4) is 5.75 Å². The van der Waals surface area contributed by atoms with Gasteiger partial charge in [-0.05, 0) is 60.9 Å². The predicted molar refractivity (Wildman–Crippen MR) is 253 cm³/mol. The zero-order valence-electron chi connectivity index (χ0n) is 39.6. The molecule has 0 spiro atoms. The number of benzene rings is 2. The number of carboxylic acids is 1. The first kappa shape index (κ1) is 54.8. The number of nitrogens with two attached hydrogens (primary N) is 2. The van der Waals surface area contributed by atoms with E-state index in [0.29, 0.717) is 11.1 Å². The standard InChI is InChI=1S/C47H61N11O14/c1-23(2)16-31(53-41(66)29-13-14-38(62)51-29)42(67)55-33(19-37(48)61)44(69)54-32(17-24-9-11-26(60)12-10-24)43(68)57-35(22-59)47(72)58-15-5-8-36(58)46(71)56-34(20-39(63)64)45(70)52-30(40(49)65)18-25-21-50-28-7-4-3-6-27(25)28/h3-4,6-7,9-12,21,23,29-36,50,59-60H,5,8,13-20,22H2,1-2H3,(H2,48,61)(H2,49,65)(H,51,62)(H,52,70)(H,53,66)(H,54,69)(H,55,67)(H,56,71)(H,57,68)(H,63,64)/t29-,30-,31-,32-,33-,34-,35-,36-/m0/s1. The molecule has 2 saturated heterocycles. The number of primary amides is 2. The van der Waals surface area contributed by atoms with E-state index in [4.69, 9.17) is 11.5 Å². The fraction of sp³-hybridized carbons (Fsp3) is 0.468. The molecule has 3 heterocycles. The van der Waals surface area contributed by atoms with Crippen molar-refractivity contribution in [1.29, 1.82) is 0 Å². The highest BCUT2D eigenvalue weighted by Gasteiger charge is 2.41. The van der Waals surface area contributed by atoms with Gasteiger partial charge in [-0.25, -0.2) is 0 Å². The second-order valence-electron chi connectivity index (χ2n) is 18.1. The molecule has 2 aliphatic rings. The summed E-state index contributed by atoms with van der Waals surface area (Å²) in [6.45, 7) is 2.43. The number of hydrogen-bond acceptors (Lipinski definition) is 13. The minimum atomic E-state index is -1.75. The number of fused-ring (bicyclic) bond motifs is 1. The minimum absolute atomic E-state index is 0.0148. The molecule has 10 amide bonds. The number of aromatic amines is 1. The molecule has 25 nitrogen and oxygen atoms in total. The number of aliphatic hydroxyl groups excluding tert-OH is 1. The first-order valence-electron chi connectivity index (χ1n) is 23.3. The molecular formula is C47H61N11O14. The molecule has 0 radical (unpaired) electrons. The summed E-state index contributed by atoms with van der Waals surface area (Å²) >= 11 is 0. The van der Waals surface area contributed by atoms with Gasteiger partial charge < -0.3 is 73.9 Å². The number of likely N-dealkylation sites (tertiary alicyclic amines) is 1. The molecule has 5 rings (SSSR count). The van der Waals surface area contributed by atoms with Crippen LogP contribution in [0.3, 0.4) is 0 Å². The van der Waals surface area contributed by atoms with Crippen LogP contribution in [-0.4, -0.2) is 152 Å². The molecule has 0 unspecified atom stereocenters. The molecule has 2 fully saturated rings. The maximum atomic E-state index is 14.1. The Labute approximate surface area is 412 Å². The average molecular weight is 1000 g/mol. The topological polar surface area (TPSA) is 404 Å². The third kappa shape index (κ3) is 15.2. The van der Waals surface area contributed by atoms with Crippen LogP contribution < -0.4 is 48.7 Å². The maximum Gasteiger partial charge on any atom is 0.305 e.